The third-order valence-electron chi connectivity index (χ3n) is 5.40. The first-order valence-corrected chi connectivity index (χ1v) is 10.6. The third-order valence-corrected chi connectivity index (χ3v) is 5.40. The van der Waals surface area contributed by atoms with Gasteiger partial charge in [0.05, 0.1) is 19.8 Å². The number of imidazole rings is 1. The molecule has 176 valence electrons. The molecule has 2 N–H and O–H groups in total. The molecule has 2 heterocycles. The summed E-state index contributed by atoms with van der Waals surface area (Å²) < 4.78 is 41.3. The lowest BCUT2D eigenvalue weighted by Gasteiger charge is -2.17. The largest absolute Gasteiger partial charge is 0.482 e. The standard InChI is InChI=1S/C25H22F2N2O5/c1-15(31)25-28-10-11-29(25)18(12-30)7-4-16-2-5-17(6-3-16)19-8-9-21(24(27)23(19)26)34-22-14-33-13-20(22)32/h2-3,5-6,8-11,18,20,22,30,32H,12-14H2,1H3/t18-,20+,22+/m0/s1. The minimum atomic E-state index is -1.15. The number of hydrogen-bond donors (Lipinski definition) is 2. The van der Waals surface area contributed by atoms with E-state index in [0.717, 1.165) is 0 Å². The second-order valence-electron chi connectivity index (χ2n) is 7.76. The Morgan fingerprint density at radius 2 is 2.00 bits per heavy atom. The van der Waals surface area contributed by atoms with E-state index in [9.17, 15) is 23.8 Å². The number of carbonyl (C=O) groups is 1. The zero-order chi connectivity index (χ0) is 24.2. The maximum Gasteiger partial charge on any atom is 0.201 e. The number of Topliss-reactive ketones (excluding diaryl/α,β-unsaturated/α-hetero) is 1. The number of aliphatic hydroxyl groups is 2. The molecule has 34 heavy (non-hydrogen) atoms. The molecule has 1 aliphatic rings. The van der Waals surface area contributed by atoms with Gasteiger partial charge < -0.3 is 24.3 Å². The molecule has 1 aromatic heterocycles. The first kappa shape index (κ1) is 23.6. The summed E-state index contributed by atoms with van der Waals surface area (Å²) in [6, 6.07) is 8.54. The van der Waals surface area contributed by atoms with E-state index in [1.54, 1.807) is 30.5 Å². The molecule has 0 radical (unpaired) electrons. The van der Waals surface area contributed by atoms with E-state index in [0.29, 0.717) is 11.1 Å². The Labute approximate surface area is 194 Å². The third kappa shape index (κ3) is 4.84. The van der Waals surface area contributed by atoms with Crippen molar-refractivity contribution >= 4 is 5.78 Å². The van der Waals surface area contributed by atoms with Gasteiger partial charge in [0.15, 0.2) is 29.3 Å². The molecular formula is C25H22F2N2O5. The van der Waals surface area contributed by atoms with Crippen LogP contribution in [0.5, 0.6) is 5.75 Å². The van der Waals surface area contributed by atoms with Crippen molar-refractivity contribution in [3.63, 3.8) is 0 Å². The number of hydrogen-bond acceptors (Lipinski definition) is 6. The van der Waals surface area contributed by atoms with Gasteiger partial charge in [0.1, 0.15) is 12.1 Å². The van der Waals surface area contributed by atoms with Gasteiger partial charge in [0.25, 0.3) is 0 Å². The predicted octanol–water partition coefficient (Wildman–Crippen LogP) is 2.75. The lowest BCUT2D eigenvalue weighted by molar-refractivity contribution is 0.0703. The Balaban J connectivity index is 1.52. The summed E-state index contributed by atoms with van der Waals surface area (Å²) in [7, 11) is 0. The first-order chi connectivity index (χ1) is 16.4. The maximum atomic E-state index is 14.7. The van der Waals surface area contributed by atoms with Crippen LogP contribution in [-0.2, 0) is 4.74 Å². The van der Waals surface area contributed by atoms with Crippen molar-refractivity contribution in [3.05, 3.63) is 71.8 Å². The number of halogens is 2. The molecule has 7 nitrogen and oxygen atoms in total. The molecule has 0 bridgehead atoms. The SMILES string of the molecule is CC(=O)c1nccn1[C@@H](C#Cc1ccc(-c2ccc(O[C@@H]3COC[C@H]3O)c(F)c2F)cc1)CO. The number of ketones is 1. The number of aliphatic hydroxyl groups excluding tert-OH is 2. The molecule has 0 aliphatic carbocycles. The van der Waals surface area contributed by atoms with Gasteiger partial charge in [0.2, 0.25) is 5.82 Å². The highest BCUT2D eigenvalue weighted by Crippen LogP contribution is 2.31. The number of nitrogens with zero attached hydrogens (tertiary/aromatic N) is 2. The van der Waals surface area contributed by atoms with Gasteiger partial charge in [0, 0.05) is 30.4 Å². The van der Waals surface area contributed by atoms with Crippen LogP contribution < -0.4 is 4.74 Å². The summed E-state index contributed by atoms with van der Waals surface area (Å²) in [5.41, 5.74) is 1.07. The van der Waals surface area contributed by atoms with Gasteiger partial charge in [-0.1, -0.05) is 24.0 Å². The molecular weight excluding hydrogens is 446 g/mol. The Hall–Kier alpha value is -3.58. The van der Waals surface area contributed by atoms with Crippen molar-refractivity contribution in [3.8, 4) is 28.7 Å². The molecule has 1 fully saturated rings. The fourth-order valence-corrected chi connectivity index (χ4v) is 3.58. The predicted molar refractivity (Wildman–Crippen MR) is 118 cm³/mol. The summed E-state index contributed by atoms with van der Waals surface area (Å²) in [6.45, 7) is 1.25. The van der Waals surface area contributed by atoms with Gasteiger partial charge in [-0.15, -0.1) is 0 Å². The number of aromatic nitrogens is 2. The quantitative estimate of drug-likeness (QED) is 0.427. The Kier molecular flexibility index (Phi) is 7.03. The van der Waals surface area contributed by atoms with E-state index in [1.165, 1.54) is 29.8 Å². The summed E-state index contributed by atoms with van der Waals surface area (Å²) in [4.78, 5) is 15.7. The van der Waals surface area contributed by atoms with Gasteiger partial charge in [-0.05, 0) is 29.8 Å². The average Bonchev–Trinajstić information content (AvgIpc) is 3.48. The molecule has 3 atom stereocenters. The van der Waals surface area contributed by atoms with Crippen molar-refractivity contribution in [1.29, 1.82) is 0 Å². The van der Waals surface area contributed by atoms with Gasteiger partial charge >= 0.3 is 0 Å². The Bertz CT molecular complexity index is 1250. The summed E-state index contributed by atoms with van der Waals surface area (Å²) >= 11 is 0. The van der Waals surface area contributed by atoms with E-state index in [1.807, 2.05) is 0 Å². The molecule has 0 amide bonds. The fourth-order valence-electron chi connectivity index (χ4n) is 3.58. The Morgan fingerprint density at radius 3 is 2.65 bits per heavy atom. The summed E-state index contributed by atoms with van der Waals surface area (Å²) in [5, 5.41) is 19.4. The van der Waals surface area contributed by atoms with Crippen LogP contribution in [0, 0.1) is 23.5 Å². The smallest absolute Gasteiger partial charge is 0.201 e. The van der Waals surface area contributed by atoms with Gasteiger partial charge in [-0.3, -0.25) is 4.79 Å². The normalized spacial score (nSPS) is 18.3. The molecule has 3 aromatic rings. The van der Waals surface area contributed by atoms with Gasteiger partial charge in [-0.25, -0.2) is 9.37 Å². The number of carbonyl (C=O) groups excluding carboxylic acids is 1. The average molecular weight is 468 g/mol. The molecule has 0 saturated carbocycles. The summed E-state index contributed by atoms with van der Waals surface area (Å²) in [6.07, 6.45) is 1.38. The second-order valence-corrected chi connectivity index (χ2v) is 7.76. The van der Waals surface area contributed by atoms with Crippen LogP contribution in [0.3, 0.4) is 0 Å². The van der Waals surface area contributed by atoms with Crippen LogP contribution in [0.4, 0.5) is 8.78 Å². The number of rotatable bonds is 6. The monoisotopic (exact) mass is 468 g/mol. The minimum absolute atomic E-state index is 0.0466. The van der Waals surface area contributed by atoms with Crippen molar-refractivity contribution in [2.75, 3.05) is 19.8 Å². The first-order valence-electron chi connectivity index (χ1n) is 10.6. The fraction of sp³-hybridized carbons (Fsp3) is 0.280. The topological polar surface area (TPSA) is 93.8 Å². The molecule has 1 aliphatic heterocycles. The number of ether oxygens (including phenoxy) is 2. The van der Waals surface area contributed by atoms with Crippen LogP contribution >= 0.6 is 0 Å². The number of benzene rings is 2. The minimum Gasteiger partial charge on any atom is -0.482 e. The molecule has 4 rings (SSSR count). The molecule has 1 saturated heterocycles. The van der Waals surface area contributed by atoms with Crippen LogP contribution in [0.2, 0.25) is 0 Å². The van der Waals surface area contributed by atoms with Crippen molar-refractivity contribution in [1.82, 2.24) is 9.55 Å². The van der Waals surface area contributed by atoms with E-state index in [-0.39, 0.29) is 42.7 Å². The second kappa shape index (κ2) is 10.1. The lowest BCUT2D eigenvalue weighted by atomic mass is 10.0. The maximum absolute atomic E-state index is 14.7. The van der Waals surface area contributed by atoms with E-state index in [2.05, 4.69) is 16.8 Å². The Morgan fingerprint density at radius 1 is 1.24 bits per heavy atom. The van der Waals surface area contributed by atoms with E-state index >= 15 is 0 Å². The van der Waals surface area contributed by atoms with Crippen LogP contribution in [0.25, 0.3) is 11.1 Å². The summed E-state index contributed by atoms with van der Waals surface area (Å²) in [5.74, 6) is 3.26. The molecule has 9 heteroatoms. The van der Waals surface area contributed by atoms with Crippen LogP contribution in [-0.4, -0.2) is 57.6 Å². The highest BCUT2D eigenvalue weighted by atomic mass is 19.2. The van der Waals surface area contributed by atoms with Crippen molar-refractivity contribution in [2.24, 2.45) is 0 Å². The van der Waals surface area contributed by atoms with E-state index in [4.69, 9.17) is 9.47 Å². The molecule has 0 unspecified atom stereocenters. The highest BCUT2D eigenvalue weighted by molar-refractivity contribution is 5.90. The molecule has 2 aromatic carbocycles. The van der Waals surface area contributed by atoms with Crippen molar-refractivity contribution < 1.29 is 33.3 Å². The van der Waals surface area contributed by atoms with Crippen LogP contribution in [0.1, 0.15) is 29.1 Å². The van der Waals surface area contributed by atoms with Crippen LogP contribution in [0.15, 0.2) is 48.8 Å². The lowest BCUT2D eigenvalue weighted by Crippen LogP contribution is -2.30. The zero-order valence-corrected chi connectivity index (χ0v) is 18.2. The molecule has 0 spiro atoms. The van der Waals surface area contributed by atoms with E-state index < -0.39 is 29.9 Å². The highest BCUT2D eigenvalue weighted by Gasteiger charge is 2.29. The van der Waals surface area contributed by atoms with Crippen molar-refractivity contribution in [2.45, 2.75) is 25.2 Å². The van der Waals surface area contributed by atoms with Gasteiger partial charge in [-0.2, -0.15) is 4.39 Å². The zero-order valence-electron chi connectivity index (χ0n) is 18.2.